The Balaban J connectivity index is 3.04. The second kappa shape index (κ2) is 15.4. The number of carbonyl (C=O) groups excluding carboxylic acids is 2. The number of esters is 1. The smallest absolute Gasteiger partial charge is 0.309 e. The molecule has 0 bridgehead atoms. The number of cyclic esters (lactones) is 1. The van der Waals surface area contributed by atoms with Crippen LogP contribution in [0.2, 0.25) is 0 Å². The molecule has 0 saturated heterocycles. The Labute approximate surface area is 192 Å². The van der Waals surface area contributed by atoms with Crippen molar-refractivity contribution in [3.8, 4) is 0 Å². The molecule has 0 saturated carbocycles. The van der Waals surface area contributed by atoms with Crippen LogP contribution in [0.15, 0.2) is 59.8 Å². The van der Waals surface area contributed by atoms with Crippen molar-refractivity contribution in [2.45, 2.75) is 71.7 Å². The van der Waals surface area contributed by atoms with Crippen molar-refractivity contribution in [3.63, 3.8) is 0 Å². The zero-order valence-corrected chi connectivity index (χ0v) is 20.0. The van der Waals surface area contributed by atoms with Crippen LogP contribution < -0.4 is 5.32 Å². The molecule has 2 N–H and O–H groups in total. The first kappa shape index (κ1) is 27.6. The lowest BCUT2D eigenvalue weighted by Gasteiger charge is -2.17. The summed E-state index contributed by atoms with van der Waals surface area (Å²) in [6.07, 6.45) is 15.3. The molecule has 0 aromatic carbocycles. The van der Waals surface area contributed by atoms with Gasteiger partial charge in [0.15, 0.2) is 0 Å². The Morgan fingerprint density at radius 2 is 1.94 bits per heavy atom. The second-order valence-corrected chi connectivity index (χ2v) is 8.11. The highest BCUT2D eigenvalue weighted by Crippen LogP contribution is 2.17. The minimum Gasteiger partial charge on any atom is -0.458 e. The number of ether oxygens (including phenoxy) is 2. The van der Waals surface area contributed by atoms with Gasteiger partial charge < -0.3 is 19.9 Å². The molecule has 6 nitrogen and oxygen atoms in total. The quantitative estimate of drug-likeness (QED) is 0.385. The molecular formula is C26H39NO5. The van der Waals surface area contributed by atoms with Gasteiger partial charge in [0.25, 0.3) is 0 Å². The first-order valence-corrected chi connectivity index (χ1v) is 11.3. The molecule has 0 fully saturated rings. The fraction of sp³-hybridized carbons (Fsp3) is 0.538. The molecule has 1 aliphatic rings. The molecule has 6 heteroatoms. The summed E-state index contributed by atoms with van der Waals surface area (Å²) in [5.74, 6) is -0.354. The topological polar surface area (TPSA) is 84.9 Å². The summed E-state index contributed by atoms with van der Waals surface area (Å²) in [6.45, 7) is 8.26. The van der Waals surface area contributed by atoms with Gasteiger partial charge in [0.1, 0.15) is 6.10 Å². The highest BCUT2D eigenvalue weighted by atomic mass is 16.5. The van der Waals surface area contributed by atoms with Crippen molar-refractivity contribution in [1.82, 2.24) is 5.32 Å². The van der Waals surface area contributed by atoms with E-state index in [1.54, 1.807) is 26.2 Å². The Hall–Kier alpha value is -2.44. The second-order valence-electron chi connectivity index (χ2n) is 8.11. The number of allylic oxidation sites excluding steroid dienone is 4. The van der Waals surface area contributed by atoms with Gasteiger partial charge in [0.05, 0.1) is 18.6 Å². The molecule has 0 aromatic heterocycles. The van der Waals surface area contributed by atoms with Crippen molar-refractivity contribution in [1.29, 1.82) is 0 Å². The summed E-state index contributed by atoms with van der Waals surface area (Å²) in [4.78, 5) is 24.4. The molecule has 0 unspecified atom stereocenters. The number of likely N-dealkylation sites (N-methyl/N-ethyl adjacent to an activating group) is 1. The van der Waals surface area contributed by atoms with Crippen LogP contribution in [0.4, 0.5) is 0 Å². The molecule has 178 valence electrons. The molecule has 1 rings (SSSR count). The van der Waals surface area contributed by atoms with E-state index in [-0.39, 0.29) is 18.4 Å². The number of hydrogen-bond donors (Lipinski definition) is 2. The first-order valence-electron chi connectivity index (χ1n) is 11.3. The summed E-state index contributed by atoms with van der Waals surface area (Å²) in [6, 6.07) is 0. The van der Waals surface area contributed by atoms with Gasteiger partial charge in [-0.2, -0.15) is 0 Å². The van der Waals surface area contributed by atoms with Crippen molar-refractivity contribution < 1.29 is 24.2 Å². The van der Waals surface area contributed by atoms with Gasteiger partial charge in [-0.25, -0.2) is 0 Å². The van der Waals surface area contributed by atoms with Crippen molar-refractivity contribution >= 4 is 11.9 Å². The third kappa shape index (κ3) is 11.3. The van der Waals surface area contributed by atoms with Crippen LogP contribution in [-0.2, 0) is 19.1 Å². The molecule has 0 aromatic rings. The number of methoxy groups -OCH3 is 1. The average molecular weight is 446 g/mol. The number of hydrogen-bond acceptors (Lipinski definition) is 5. The first-order chi connectivity index (χ1) is 15.3. The van der Waals surface area contributed by atoms with Crippen LogP contribution in [0, 0.1) is 5.92 Å². The SMILES string of the molecule is CCNC(=O)/C(C)=C\[C@H]1C/C=C/C=C/C[C@H](C)/C=C(\C)[C@@H](OC)C/C=C/[C@@H](O)CC(=O)O1. The molecule has 0 aliphatic carbocycles. The Kier molecular flexibility index (Phi) is 13.3. The molecule has 0 spiro atoms. The normalized spacial score (nSPS) is 31.2. The Morgan fingerprint density at radius 3 is 2.59 bits per heavy atom. The van der Waals surface area contributed by atoms with Gasteiger partial charge in [0, 0.05) is 25.6 Å². The van der Waals surface area contributed by atoms with E-state index in [4.69, 9.17) is 9.47 Å². The van der Waals surface area contributed by atoms with E-state index < -0.39 is 18.2 Å². The summed E-state index contributed by atoms with van der Waals surface area (Å²) >= 11 is 0. The lowest BCUT2D eigenvalue weighted by atomic mass is 9.99. The Bertz CT molecular complexity index is 747. The van der Waals surface area contributed by atoms with Crippen LogP contribution in [0.3, 0.4) is 0 Å². The number of rotatable bonds is 4. The van der Waals surface area contributed by atoms with E-state index >= 15 is 0 Å². The minimum atomic E-state index is -0.949. The molecule has 32 heavy (non-hydrogen) atoms. The zero-order valence-electron chi connectivity index (χ0n) is 20.0. The van der Waals surface area contributed by atoms with Crippen molar-refractivity contribution in [3.05, 3.63) is 59.8 Å². The third-order valence-corrected chi connectivity index (χ3v) is 5.10. The summed E-state index contributed by atoms with van der Waals surface area (Å²) in [5.41, 5.74) is 1.62. The van der Waals surface area contributed by atoms with E-state index in [9.17, 15) is 14.7 Å². The van der Waals surface area contributed by atoms with E-state index in [0.717, 1.165) is 12.0 Å². The van der Waals surface area contributed by atoms with Gasteiger partial charge in [0.2, 0.25) is 5.91 Å². The predicted molar refractivity (Wildman–Crippen MR) is 128 cm³/mol. The fourth-order valence-electron chi connectivity index (χ4n) is 3.37. The maximum absolute atomic E-state index is 12.4. The van der Waals surface area contributed by atoms with Gasteiger partial charge in [-0.3, -0.25) is 9.59 Å². The average Bonchev–Trinajstić information content (AvgIpc) is 2.72. The van der Waals surface area contributed by atoms with Crippen LogP contribution in [-0.4, -0.2) is 48.9 Å². The highest BCUT2D eigenvalue weighted by molar-refractivity contribution is 5.92. The fourth-order valence-corrected chi connectivity index (χ4v) is 3.37. The van der Waals surface area contributed by atoms with E-state index in [1.807, 2.05) is 38.2 Å². The highest BCUT2D eigenvalue weighted by Gasteiger charge is 2.16. The summed E-state index contributed by atoms with van der Waals surface area (Å²) < 4.78 is 11.1. The van der Waals surface area contributed by atoms with Gasteiger partial charge in [-0.1, -0.05) is 49.5 Å². The number of amides is 1. The molecule has 0 radical (unpaired) electrons. The molecule has 1 amide bonds. The van der Waals surface area contributed by atoms with Crippen molar-refractivity contribution in [2.75, 3.05) is 13.7 Å². The monoisotopic (exact) mass is 445 g/mol. The van der Waals surface area contributed by atoms with E-state index in [2.05, 4.69) is 24.4 Å². The predicted octanol–water partition coefficient (Wildman–Crippen LogP) is 4.18. The molecule has 4 atom stereocenters. The number of aliphatic hydroxyl groups is 1. The third-order valence-electron chi connectivity index (χ3n) is 5.10. The van der Waals surface area contributed by atoms with Crippen LogP contribution >= 0.6 is 0 Å². The largest absolute Gasteiger partial charge is 0.458 e. The Morgan fingerprint density at radius 1 is 1.25 bits per heavy atom. The lowest BCUT2D eigenvalue weighted by molar-refractivity contribution is -0.148. The number of aliphatic hydroxyl groups excluding tert-OH is 1. The maximum atomic E-state index is 12.4. The lowest BCUT2D eigenvalue weighted by Crippen LogP contribution is -2.25. The van der Waals surface area contributed by atoms with Gasteiger partial charge in [-0.15, -0.1) is 0 Å². The maximum Gasteiger partial charge on any atom is 0.309 e. The van der Waals surface area contributed by atoms with Crippen molar-refractivity contribution in [2.24, 2.45) is 5.92 Å². The summed E-state index contributed by atoms with van der Waals surface area (Å²) in [7, 11) is 1.67. The minimum absolute atomic E-state index is 0.0811. The number of carbonyl (C=O) groups is 2. The van der Waals surface area contributed by atoms with Gasteiger partial charge >= 0.3 is 5.97 Å². The summed E-state index contributed by atoms with van der Waals surface area (Å²) in [5, 5.41) is 13.0. The molecule has 1 aliphatic heterocycles. The van der Waals surface area contributed by atoms with Crippen LogP contribution in [0.25, 0.3) is 0 Å². The van der Waals surface area contributed by atoms with Crippen LogP contribution in [0.5, 0.6) is 0 Å². The van der Waals surface area contributed by atoms with E-state index in [1.165, 1.54) is 0 Å². The number of nitrogens with one attached hydrogen (secondary N) is 1. The molecular weight excluding hydrogens is 406 g/mol. The van der Waals surface area contributed by atoms with Crippen LogP contribution in [0.1, 0.15) is 53.4 Å². The standard InChI is InChI=1S/C26H39NO5/c1-6-27-26(30)21(4)17-23-14-10-8-7-9-12-19(2)16-20(3)24(31-5)15-11-13-22(28)18-25(29)32-23/h7-11,13,16-17,19,22-24,28H,6,12,14-15,18H2,1-5H3,(H,27,30)/b9-7+,10-8+,13-11+,20-16+,21-17-/t19-,22+,23+,24-/m0/s1. The zero-order chi connectivity index (χ0) is 23.9. The van der Waals surface area contributed by atoms with E-state index in [0.29, 0.717) is 30.9 Å². The van der Waals surface area contributed by atoms with Gasteiger partial charge in [-0.05, 0) is 51.2 Å². The molecule has 1 heterocycles.